The van der Waals surface area contributed by atoms with Gasteiger partial charge in [-0.25, -0.2) is 13.8 Å². The molecule has 31 heavy (non-hydrogen) atoms. The quantitative estimate of drug-likeness (QED) is 0.490. The van der Waals surface area contributed by atoms with Crippen molar-refractivity contribution in [1.82, 2.24) is 15.0 Å². The fraction of sp³-hybridized carbons (Fsp3) is 0.208. The molecule has 2 heterocycles. The number of hydrogen-bond acceptors (Lipinski definition) is 4. The van der Waals surface area contributed by atoms with Crippen LogP contribution in [0.5, 0.6) is 5.75 Å². The Kier molecular flexibility index (Phi) is 6.74. The van der Waals surface area contributed by atoms with Crippen LogP contribution in [-0.4, -0.2) is 22.1 Å². The summed E-state index contributed by atoms with van der Waals surface area (Å²) in [4.78, 5) is 24.0. The van der Waals surface area contributed by atoms with Gasteiger partial charge in [-0.3, -0.25) is 9.78 Å². The Labute approximate surface area is 178 Å². The van der Waals surface area contributed by atoms with E-state index in [1.54, 1.807) is 37.6 Å². The van der Waals surface area contributed by atoms with Gasteiger partial charge in [0.05, 0.1) is 23.7 Å². The molecule has 0 saturated heterocycles. The Hall–Kier alpha value is -3.61. The number of nitrogens with zero attached hydrogens (tertiary/aromatic N) is 2. The van der Waals surface area contributed by atoms with Crippen molar-refractivity contribution in [2.45, 2.75) is 27.2 Å². The van der Waals surface area contributed by atoms with E-state index in [0.717, 1.165) is 17.2 Å². The van der Waals surface area contributed by atoms with Crippen molar-refractivity contribution in [3.05, 3.63) is 87.6 Å². The highest BCUT2D eigenvalue weighted by Gasteiger charge is 2.10. The number of aryl methyl sites for hydroxylation is 1. The van der Waals surface area contributed by atoms with Gasteiger partial charge in [0.1, 0.15) is 23.2 Å². The lowest BCUT2D eigenvalue weighted by molar-refractivity contribution is 0.412. The standard InChI is InChI=1S/C22H17F2N3O2.C2H6/c1-12-5-17-19(10-20(12)29-2)26-21(27-22(17)28)6-13-3-4-18(25-11-13)14-7-15(23)9-16(24)8-14;1-2/h3-5,7-11H,6H2,1-2H3,(H,26,27,28);1-2H3. The van der Waals surface area contributed by atoms with E-state index in [4.69, 9.17) is 4.74 Å². The number of halogens is 2. The highest BCUT2D eigenvalue weighted by molar-refractivity contribution is 5.80. The minimum atomic E-state index is -0.658. The molecule has 0 atom stereocenters. The molecule has 0 aliphatic carbocycles. The lowest BCUT2D eigenvalue weighted by Gasteiger charge is -2.08. The van der Waals surface area contributed by atoms with E-state index < -0.39 is 11.6 Å². The first kappa shape index (κ1) is 22.1. The monoisotopic (exact) mass is 423 g/mol. The van der Waals surface area contributed by atoms with Gasteiger partial charge < -0.3 is 9.72 Å². The predicted molar refractivity (Wildman–Crippen MR) is 117 cm³/mol. The molecule has 7 heteroatoms. The van der Waals surface area contributed by atoms with Crippen molar-refractivity contribution in [2.75, 3.05) is 7.11 Å². The number of aromatic amines is 1. The normalized spacial score (nSPS) is 10.5. The molecule has 160 valence electrons. The summed E-state index contributed by atoms with van der Waals surface area (Å²) in [6, 6.07) is 10.2. The van der Waals surface area contributed by atoms with Crippen LogP contribution in [0.1, 0.15) is 30.8 Å². The van der Waals surface area contributed by atoms with Crippen molar-refractivity contribution in [3.63, 3.8) is 0 Å². The minimum Gasteiger partial charge on any atom is -0.496 e. The van der Waals surface area contributed by atoms with Gasteiger partial charge in [0.2, 0.25) is 0 Å². The molecule has 2 aromatic carbocycles. The van der Waals surface area contributed by atoms with Gasteiger partial charge in [-0.1, -0.05) is 19.9 Å². The average Bonchev–Trinajstić information content (AvgIpc) is 2.75. The summed E-state index contributed by atoms with van der Waals surface area (Å²) in [5.41, 5.74) is 2.78. The largest absolute Gasteiger partial charge is 0.496 e. The van der Waals surface area contributed by atoms with Crippen molar-refractivity contribution in [1.29, 1.82) is 0 Å². The Morgan fingerprint density at radius 2 is 1.74 bits per heavy atom. The maximum Gasteiger partial charge on any atom is 0.258 e. The molecule has 4 rings (SSSR count). The SMILES string of the molecule is CC.COc1cc2nc(Cc3ccc(-c4cc(F)cc(F)c4)nc3)[nH]c(=O)c2cc1C. The molecule has 5 nitrogen and oxygen atoms in total. The topological polar surface area (TPSA) is 67.9 Å². The molecule has 4 aromatic rings. The molecule has 2 aromatic heterocycles. The molecular weight excluding hydrogens is 400 g/mol. The van der Waals surface area contributed by atoms with Crippen LogP contribution in [0.3, 0.4) is 0 Å². The second kappa shape index (κ2) is 9.47. The van der Waals surface area contributed by atoms with E-state index in [1.807, 2.05) is 20.8 Å². The van der Waals surface area contributed by atoms with E-state index in [0.29, 0.717) is 40.2 Å². The first-order valence-corrected chi connectivity index (χ1v) is 9.92. The summed E-state index contributed by atoms with van der Waals surface area (Å²) in [6.07, 6.45) is 1.95. The summed E-state index contributed by atoms with van der Waals surface area (Å²) in [5.74, 6) is -0.168. The van der Waals surface area contributed by atoms with Gasteiger partial charge in [0.15, 0.2) is 0 Å². The molecular formula is C24H23F2N3O2. The number of hydrogen-bond donors (Lipinski definition) is 1. The molecule has 0 spiro atoms. The zero-order valence-electron chi connectivity index (χ0n) is 17.8. The highest BCUT2D eigenvalue weighted by Crippen LogP contribution is 2.23. The number of rotatable bonds is 4. The Morgan fingerprint density at radius 3 is 2.35 bits per heavy atom. The summed E-state index contributed by atoms with van der Waals surface area (Å²) < 4.78 is 32.1. The van der Waals surface area contributed by atoms with Crippen LogP contribution in [0, 0.1) is 18.6 Å². The lowest BCUT2D eigenvalue weighted by Crippen LogP contribution is -2.12. The van der Waals surface area contributed by atoms with Crippen LogP contribution in [0.25, 0.3) is 22.2 Å². The Bertz CT molecular complexity index is 1250. The van der Waals surface area contributed by atoms with E-state index in [9.17, 15) is 13.6 Å². The molecule has 0 amide bonds. The summed E-state index contributed by atoms with van der Waals surface area (Å²) >= 11 is 0. The highest BCUT2D eigenvalue weighted by atomic mass is 19.1. The van der Waals surface area contributed by atoms with Gasteiger partial charge in [-0.05, 0) is 42.3 Å². The van der Waals surface area contributed by atoms with Crippen LogP contribution in [0.2, 0.25) is 0 Å². The fourth-order valence-electron chi connectivity index (χ4n) is 3.22. The fourth-order valence-corrected chi connectivity index (χ4v) is 3.22. The first-order chi connectivity index (χ1) is 14.9. The third kappa shape index (κ3) is 4.94. The van der Waals surface area contributed by atoms with Crippen molar-refractivity contribution in [3.8, 4) is 17.0 Å². The maximum atomic E-state index is 13.4. The van der Waals surface area contributed by atoms with Crippen LogP contribution in [-0.2, 0) is 6.42 Å². The van der Waals surface area contributed by atoms with Crippen molar-refractivity contribution < 1.29 is 13.5 Å². The summed E-state index contributed by atoms with van der Waals surface area (Å²) in [7, 11) is 1.57. The van der Waals surface area contributed by atoms with Crippen LogP contribution in [0.4, 0.5) is 8.78 Å². The van der Waals surface area contributed by atoms with Gasteiger partial charge in [0.25, 0.3) is 5.56 Å². The number of methoxy groups -OCH3 is 1. The predicted octanol–water partition coefficient (Wildman–Crippen LogP) is 5.20. The first-order valence-electron chi connectivity index (χ1n) is 9.92. The number of nitrogens with one attached hydrogen (secondary N) is 1. The average molecular weight is 423 g/mol. The number of benzene rings is 2. The Balaban J connectivity index is 0.00000132. The number of aromatic nitrogens is 3. The van der Waals surface area contributed by atoms with Gasteiger partial charge in [-0.15, -0.1) is 0 Å². The molecule has 0 radical (unpaired) electrons. The van der Waals surface area contributed by atoms with E-state index in [-0.39, 0.29) is 5.56 Å². The zero-order chi connectivity index (χ0) is 22.5. The molecule has 0 aliphatic rings. The van der Waals surface area contributed by atoms with Crippen LogP contribution >= 0.6 is 0 Å². The lowest BCUT2D eigenvalue weighted by atomic mass is 10.1. The second-order valence-corrected chi connectivity index (χ2v) is 6.74. The van der Waals surface area contributed by atoms with Gasteiger partial charge in [0, 0.05) is 30.3 Å². The Morgan fingerprint density at radius 1 is 1.03 bits per heavy atom. The minimum absolute atomic E-state index is 0.226. The summed E-state index contributed by atoms with van der Waals surface area (Å²) in [6.45, 7) is 5.86. The maximum absolute atomic E-state index is 13.4. The van der Waals surface area contributed by atoms with Crippen molar-refractivity contribution in [2.24, 2.45) is 0 Å². The smallest absolute Gasteiger partial charge is 0.258 e. The van der Waals surface area contributed by atoms with Crippen LogP contribution in [0.15, 0.2) is 53.5 Å². The number of ether oxygens (including phenoxy) is 1. The molecule has 1 N–H and O–H groups in total. The van der Waals surface area contributed by atoms with E-state index in [1.165, 1.54) is 12.1 Å². The molecule has 0 saturated carbocycles. The number of H-pyrrole nitrogens is 1. The number of pyridine rings is 1. The van der Waals surface area contributed by atoms with Crippen molar-refractivity contribution >= 4 is 10.9 Å². The van der Waals surface area contributed by atoms with Crippen LogP contribution < -0.4 is 10.3 Å². The van der Waals surface area contributed by atoms with Gasteiger partial charge in [-0.2, -0.15) is 0 Å². The molecule has 0 unspecified atom stereocenters. The summed E-state index contributed by atoms with van der Waals surface area (Å²) in [5, 5.41) is 0.494. The number of fused-ring (bicyclic) bond motifs is 1. The molecule has 0 bridgehead atoms. The van der Waals surface area contributed by atoms with E-state index >= 15 is 0 Å². The van der Waals surface area contributed by atoms with Gasteiger partial charge >= 0.3 is 0 Å². The molecule has 0 aliphatic heterocycles. The van der Waals surface area contributed by atoms with E-state index in [2.05, 4.69) is 15.0 Å². The third-order valence-electron chi connectivity index (χ3n) is 4.63. The molecule has 0 fully saturated rings. The second-order valence-electron chi connectivity index (χ2n) is 6.74. The zero-order valence-corrected chi connectivity index (χ0v) is 17.8. The third-order valence-corrected chi connectivity index (χ3v) is 4.63.